The number of hydrogen-bond acceptors (Lipinski definition) is 6. The number of aryl methyl sites for hydroxylation is 2. The molecule has 1 fully saturated rings. The van der Waals surface area contributed by atoms with Crippen LogP contribution in [-0.4, -0.2) is 32.8 Å². The monoisotopic (exact) mass is 371 g/mol. The van der Waals surface area contributed by atoms with E-state index in [1.165, 1.54) is 24.8 Å². The third-order valence-electron chi connectivity index (χ3n) is 4.66. The van der Waals surface area contributed by atoms with Crippen LogP contribution in [0.2, 0.25) is 0 Å². The van der Waals surface area contributed by atoms with E-state index in [2.05, 4.69) is 28.3 Å². The lowest BCUT2D eigenvalue weighted by Gasteiger charge is -2.20. The number of thioether (sulfide) groups is 1. The van der Waals surface area contributed by atoms with Crippen molar-refractivity contribution in [3.8, 4) is 0 Å². The number of carboxylic acids is 1. The number of rotatable bonds is 6. The van der Waals surface area contributed by atoms with Crippen molar-refractivity contribution >= 4 is 23.9 Å². The maximum Gasteiger partial charge on any atom is 0.212 e. The number of benzene rings is 1. The molecule has 1 aliphatic carbocycles. The molecular weight excluding hydrogens is 348 g/mol. The summed E-state index contributed by atoms with van der Waals surface area (Å²) in [5.74, 6) is -0.138. The molecule has 26 heavy (non-hydrogen) atoms. The second kappa shape index (κ2) is 8.49. The van der Waals surface area contributed by atoms with Crippen LogP contribution in [-0.2, 0) is 4.79 Å². The molecular formula is C19H23N4O2S-. The van der Waals surface area contributed by atoms with E-state index in [4.69, 9.17) is 0 Å². The standard InChI is InChI=1S/C19H24N4O2S/c1-13-8-9-16(14(2)10-13)11-20-23-18(15-6-4-3-5-7-15)21-22-19(23)26-12-17(24)25/h8-11,15H,3-7,12H2,1-2H3,(H,24,25)/p-1/b20-11-. The molecule has 1 aromatic heterocycles. The third kappa shape index (κ3) is 4.52. The number of nitrogens with zero attached hydrogens (tertiary/aromatic N) is 4. The normalized spacial score (nSPS) is 15.6. The first-order valence-electron chi connectivity index (χ1n) is 8.94. The lowest BCUT2D eigenvalue weighted by Crippen LogP contribution is -2.24. The Balaban J connectivity index is 1.91. The van der Waals surface area contributed by atoms with E-state index >= 15 is 0 Å². The smallest absolute Gasteiger partial charge is 0.212 e. The zero-order chi connectivity index (χ0) is 18.5. The fourth-order valence-electron chi connectivity index (χ4n) is 3.30. The van der Waals surface area contributed by atoms with Crippen molar-refractivity contribution in [3.63, 3.8) is 0 Å². The Labute approximate surface area is 157 Å². The van der Waals surface area contributed by atoms with Crippen molar-refractivity contribution in [1.82, 2.24) is 14.9 Å². The first-order valence-corrected chi connectivity index (χ1v) is 9.92. The van der Waals surface area contributed by atoms with E-state index in [9.17, 15) is 9.90 Å². The van der Waals surface area contributed by atoms with Crippen LogP contribution in [0.3, 0.4) is 0 Å². The molecule has 0 spiro atoms. The number of aromatic nitrogens is 3. The highest BCUT2D eigenvalue weighted by Crippen LogP contribution is 2.33. The van der Waals surface area contributed by atoms with Crippen molar-refractivity contribution in [3.05, 3.63) is 40.7 Å². The molecule has 0 amide bonds. The van der Waals surface area contributed by atoms with Gasteiger partial charge in [0.1, 0.15) is 0 Å². The average molecular weight is 371 g/mol. The highest BCUT2D eigenvalue weighted by Gasteiger charge is 2.23. The van der Waals surface area contributed by atoms with Crippen LogP contribution in [0.4, 0.5) is 0 Å². The van der Waals surface area contributed by atoms with Crippen molar-refractivity contribution in [2.75, 3.05) is 5.75 Å². The van der Waals surface area contributed by atoms with Crippen LogP contribution < -0.4 is 5.11 Å². The molecule has 1 aliphatic rings. The predicted molar refractivity (Wildman–Crippen MR) is 100 cm³/mol. The van der Waals surface area contributed by atoms with E-state index in [0.717, 1.165) is 41.6 Å². The van der Waals surface area contributed by atoms with E-state index in [-0.39, 0.29) is 5.75 Å². The van der Waals surface area contributed by atoms with Gasteiger partial charge in [0.05, 0.1) is 12.2 Å². The Morgan fingerprint density at radius 1 is 1.31 bits per heavy atom. The Kier molecular flexibility index (Phi) is 6.08. The van der Waals surface area contributed by atoms with Gasteiger partial charge in [0.25, 0.3) is 0 Å². The van der Waals surface area contributed by atoms with Crippen molar-refractivity contribution in [2.24, 2.45) is 5.10 Å². The summed E-state index contributed by atoms with van der Waals surface area (Å²) in [5, 5.41) is 24.4. The van der Waals surface area contributed by atoms with Crippen molar-refractivity contribution in [1.29, 1.82) is 0 Å². The molecule has 2 aromatic rings. The number of carbonyl (C=O) groups excluding carboxylic acids is 1. The summed E-state index contributed by atoms with van der Waals surface area (Å²) in [6.07, 6.45) is 7.56. The Morgan fingerprint density at radius 3 is 2.77 bits per heavy atom. The molecule has 138 valence electrons. The Morgan fingerprint density at radius 2 is 2.08 bits per heavy atom. The van der Waals surface area contributed by atoms with Gasteiger partial charge in [-0.3, -0.25) is 0 Å². The number of aliphatic carboxylic acids is 1. The minimum atomic E-state index is -1.12. The predicted octanol–water partition coefficient (Wildman–Crippen LogP) is 2.67. The second-order valence-electron chi connectivity index (χ2n) is 6.75. The molecule has 0 saturated heterocycles. The molecule has 0 unspecified atom stereocenters. The first-order chi connectivity index (χ1) is 12.5. The summed E-state index contributed by atoms with van der Waals surface area (Å²) in [7, 11) is 0. The van der Waals surface area contributed by atoms with Crippen LogP contribution in [0, 0.1) is 13.8 Å². The van der Waals surface area contributed by atoms with Gasteiger partial charge in [0, 0.05) is 11.7 Å². The molecule has 0 radical (unpaired) electrons. The summed E-state index contributed by atoms with van der Waals surface area (Å²) in [4.78, 5) is 10.8. The molecule has 6 nitrogen and oxygen atoms in total. The topological polar surface area (TPSA) is 83.2 Å². The molecule has 3 rings (SSSR count). The van der Waals surface area contributed by atoms with Crippen LogP contribution in [0.1, 0.15) is 60.5 Å². The first kappa shape index (κ1) is 18.6. The maximum atomic E-state index is 10.8. The second-order valence-corrected chi connectivity index (χ2v) is 7.70. The van der Waals surface area contributed by atoms with Crippen molar-refractivity contribution < 1.29 is 9.90 Å². The van der Waals surface area contributed by atoms with E-state index < -0.39 is 5.97 Å². The van der Waals surface area contributed by atoms with Crippen LogP contribution in [0.15, 0.2) is 28.5 Å². The largest absolute Gasteiger partial charge is 0.549 e. The lowest BCUT2D eigenvalue weighted by atomic mass is 9.89. The van der Waals surface area contributed by atoms with Crippen LogP contribution in [0.5, 0.6) is 0 Å². The van der Waals surface area contributed by atoms with Crippen LogP contribution >= 0.6 is 11.8 Å². The number of carboxylic acid groups (broad SMARTS) is 1. The molecule has 7 heteroatoms. The Hall–Kier alpha value is -2.15. The molecule has 0 N–H and O–H groups in total. The summed E-state index contributed by atoms with van der Waals surface area (Å²) < 4.78 is 1.71. The fraction of sp³-hybridized carbons (Fsp3) is 0.474. The van der Waals surface area contributed by atoms with Gasteiger partial charge in [0.15, 0.2) is 5.82 Å². The maximum absolute atomic E-state index is 10.8. The quantitative estimate of drug-likeness (QED) is 0.576. The molecule has 0 bridgehead atoms. The van der Waals surface area contributed by atoms with Gasteiger partial charge in [0.2, 0.25) is 5.16 Å². The number of hydrogen-bond donors (Lipinski definition) is 0. The highest BCUT2D eigenvalue weighted by molar-refractivity contribution is 7.99. The molecule has 1 saturated carbocycles. The zero-order valence-electron chi connectivity index (χ0n) is 15.1. The van der Waals surface area contributed by atoms with Crippen molar-refractivity contribution in [2.45, 2.75) is 57.0 Å². The van der Waals surface area contributed by atoms with Gasteiger partial charge >= 0.3 is 0 Å². The van der Waals surface area contributed by atoms with Gasteiger partial charge < -0.3 is 9.90 Å². The molecule has 1 heterocycles. The van der Waals surface area contributed by atoms with Gasteiger partial charge in [-0.15, -0.1) is 10.2 Å². The minimum absolute atomic E-state index is 0.165. The van der Waals surface area contributed by atoms with Gasteiger partial charge in [-0.2, -0.15) is 9.78 Å². The summed E-state index contributed by atoms with van der Waals surface area (Å²) >= 11 is 1.10. The fourth-order valence-corrected chi connectivity index (χ4v) is 3.91. The molecule has 0 atom stereocenters. The number of carbonyl (C=O) groups is 1. The molecule has 1 aromatic carbocycles. The summed E-state index contributed by atoms with van der Waals surface area (Å²) in [6, 6.07) is 6.20. The average Bonchev–Trinajstić information content (AvgIpc) is 3.03. The van der Waals surface area contributed by atoms with Gasteiger partial charge in [-0.05, 0) is 37.8 Å². The Bertz CT molecular complexity index is 810. The summed E-state index contributed by atoms with van der Waals surface area (Å²) in [6.45, 7) is 4.11. The molecule has 0 aliphatic heterocycles. The van der Waals surface area contributed by atoms with Gasteiger partial charge in [-0.25, -0.2) is 0 Å². The zero-order valence-corrected chi connectivity index (χ0v) is 16.0. The third-order valence-corrected chi connectivity index (χ3v) is 5.56. The van der Waals surface area contributed by atoms with E-state index in [1.807, 2.05) is 19.1 Å². The lowest BCUT2D eigenvalue weighted by molar-refractivity contribution is -0.301. The SMILES string of the molecule is Cc1ccc(/C=N\n2c(SCC(=O)[O-])nnc2C2CCCCC2)c(C)c1. The van der Waals surface area contributed by atoms with Crippen LogP contribution in [0.25, 0.3) is 0 Å². The van der Waals surface area contributed by atoms with E-state index in [0.29, 0.717) is 11.1 Å². The summed E-state index contributed by atoms with van der Waals surface area (Å²) in [5.41, 5.74) is 3.37. The van der Waals surface area contributed by atoms with Gasteiger partial charge in [-0.1, -0.05) is 54.8 Å². The highest BCUT2D eigenvalue weighted by atomic mass is 32.2. The van der Waals surface area contributed by atoms with E-state index in [1.54, 1.807) is 10.9 Å². The minimum Gasteiger partial charge on any atom is -0.549 e.